The first-order chi connectivity index (χ1) is 11.1. The van der Waals surface area contributed by atoms with Gasteiger partial charge in [-0.15, -0.1) is 0 Å². The van der Waals surface area contributed by atoms with E-state index in [2.05, 4.69) is 15.9 Å². The second kappa shape index (κ2) is 8.60. The van der Waals surface area contributed by atoms with Crippen LogP contribution in [0.5, 0.6) is 0 Å². The highest BCUT2D eigenvalue weighted by Crippen LogP contribution is 2.35. The Balaban J connectivity index is 2.39. The van der Waals surface area contributed by atoms with E-state index in [0.717, 1.165) is 19.8 Å². The molecule has 0 unspecified atom stereocenters. The fraction of sp³-hybridized carbons (Fsp3) is 0. The van der Waals surface area contributed by atoms with Crippen molar-refractivity contribution in [2.75, 3.05) is 0 Å². The Hall–Kier alpha value is -1.98. The monoisotopic (exact) mass is 400 g/mol. The molecule has 0 aromatic heterocycles. The van der Waals surface area contributed by atoms with Gasteiger partial charge in [0.25, 0.3) is 0 Å². The van der Waals surface area contributed by atoms with Crippen LogP contribution in [0.1, 0.15) is 5.56 Å². The molecule has 0 fully saturated rings. The van der Waals surface area contributed by atoms with Gasteiger partial charge in [-0.25, -0.2) is 0 Å². The highest BCUT2D eigenvalue weighted by molar-refractivity contribution is 9.10. The molecule has 0 radical (unpaired) electrons. The predicted molar refractivity (Wildman–Crippen MR) is 98.7 cm³/mol. The van der Waals surface area contributed by atoms with Crippen LogP contribution in [-0.2, 0) is 0 Å². The average Bonchev–Trinajstić information content (AvgIpc) is 2.57. The topological polar surface area (TPSA) is 47.6 Å². The van der Waals surface area contributed by atoms with Crippen molar-refractivity contribution in [3.63, 3.8) is 0 Å². The molecule has 0 spiro atoms. The van der Waals surface area contributed by atoms with E-state index < -0.39 is 0 Å². The summed E-state index contributed by atoms with van der Waals surface area (Å²) in [5.41, 5.74) is 1.03. The van der Waals surface area contributed by atoms with Crippen LogP contribution in [0.3, 0.4) is 0 Å². The molecule has 2 aromatic carbocycles. The van der Waals surface area contributed by atoms with Gasteiger partial charge >= 0.3 is 0 Å². The molecule has 2 aromatic rings. The molecule has 5 heteroatoms. The number of nitriles is 2. The van der Waals surface area contributed by atoms with Gasteiger partial charge in [0.05, 0.1) is 0 Å². The van der Waals surface area contributed by atoms with E-state index in [4.69, 9.17) is 22.1 Å². The molecule has 0 amide bonds. The number of rotatable bonds is 4. The maximum atomic E-state index is 8.87. The maximum Gasteiger partial charge on any atom is 0.129 e. The van der Waals surface area contributed by atoms with Gasteiger partial charge in [-0.05, 0) is 54.1 Å². The summed E-state index contributed by atoms with van der Waals surface area (Å²) >= 11 is 10.9. The van der Waals surface area contributed by atoms with E-state index in [1.165, 1.54) is 6.08 Å². The number of hydrogen-bond donors (Lipinski definition) is 0. The van der Waals surface area contributed by atoms with Crippen molar-refractivity contribution in [1.29, 1.82) is 10.5 Å². The number of hydrogen-bond acceptors (Lipinski definition) is 3. The zero-order chi connectivity index (χ0) is 16.7. The first-order valence-electron chi connectivity index (χ1n) is 6.54. The molecule has 0 saturated heterocycles. The SMILES string of the molecule is N#CC(C#N)=CC=C(Sc1ccc(Br)cc1)c1ccc(Cl)cc1. The highest BCUT2D eigenvalue weighted by atomic mass is 79.9. The third-order valence-corrected chi connectivity index (χ3v) is 4.69. The molecular formula is C18H10BrClN2S. The third kappa shape index (κ3) is 5.30. The average molecular weight is 402 g/mol. The van der Waals surface area contributed by atoms with Gasteiger partial charge < -0.3 is 0 Å². The van der Waals surface area contributed by atoms with Crippen LogP contribution in [-0.4, -0.2) is 0 Å². The maximum absolute atomic E-state index is 8.87. The summed E-state index contributed by atoms with van der Waals surface area (Å²) in [6.07, 6.45) is 3.30. The van der Waals surface area contributed by atoms with Gasteiger partial charge in [-0.3, -0.25) is 0 Å². The van der Waals surface area contributed by atoms with Crippen molar-refractivity contribution in [2.24, 2.45) is 0 Å². The van der Waals surface area contributed by atoms with Gasteiger partial charge in [0.1, 0.15) is 17.7 Å². The summed E-state index contributed by atoms with van der Waals surface area (Å²) in [4.78, 5) is 1.98. The predicted octanol–water partition coefficient (Wildman–Crippen LogP) is 6.21. The molecule has 2 rings (SSSR count). The number of benzene rings is 2. The van der Waals surface area contributed by atoms with E-state index in [-0.39, 0.29) is 5.57 Å². The van der Waals surface area contributed by atoms with Crippen molar-refractivity contribution in [3.8, 4) is 12.1 Å². The summed E-state index contributed by atoms with van der Waals surface area (Å²) in [7, 11) is 0. The second-order valence-corrected chi connectivity index (χ2v) is 6.87. The van der Waals surface area contributed by atoms with Crippen LogP contribution < -0.4 is 0 Å². The Morgan fingerprint density at radius 3 is 2.13 bits per heavy atom. The standard InChI is InChI=1S/C18H10BrClN2S/c19-15-4-8-17(9-5-15)23-18(10-1-13(11-21)12-22)14-2-6-16(20)7-3-14/h1-10H. The Morgan fingerprint density at radius 2 is 1.57 bits per heavy atom. The van der Waals surface area contributed by atoms with Crippen molar-refractivity contribution in [2.45, 2.75) is 4.90 Å². The van der Waals surface area contributed by atoms with Crippen molar-refractivity contribution in [3.05, 3.63) is 81.3 Å². The van der Waals surface area contributed by atoms with Crippen LogP contribution in [0.4, 0.5) is 0 Å². The zero-order valence-electron chi connectivity index (χ0n) is 11.8. The molecule has 0 saturated carbocycles. The minimum absolute atomic E-state index is 0.0628. The van der Waals surface area contributed by atoms with Crippen molar-refractivity contribution >= 4 is 44.2 Å². The largest absolute Gasteiger partial charge is 0.192 e. The Labute approximate surface area is 152 Å². The molecule has 112 valence electrons. The van der Waals surface area contributed by atoms with Crippen LogP contribution in [0.25, 0.3) is 4.91 Å². The lowest BCUT2D eigenvalue weighted by atomic mass is 10.2. The summed E-state index contributed by atoms with van der Waals surface area (Å²) in [6, 6.07) is 19.1. The van der Waals surface area contributed by atoms with Gasteiger partial charge in [-0.2, -0.15) is 10.5 Å². The van der Waals surface area contributed by atoms with Crippen LogP contribution >= 0.6 is 39.3 Å². The van der Waals surface area contributed by atoms with E-state index in [1.54, 1.807) is 17.8 Å². The van der Waals surface area contributed by atoms with E-state index in [1.807, 2.05) is 60.7 Å². The Kier molecular flexibility index (Phi) is 6.50. The minimum atomic E-state index is 0.0628. The molecule has 0 N–H and O–H groups in total. The highest BCUT2D eigenvalue weighted by Gasteiger charge is 2.05. The summed E-state index contributed by atoms with van der Waals surface area (Å²) in [6.45, 7) is 0. The second-order valence-electron chi connectivity index (χ2n) is 4.40. The first-order valence-corrected chi connectivity index (χ1v) is 8.52. The lowest BCUT2D eigenvalue weighted by Crippen LogP contribution is -1.81. The number of halogens is 2. The molecular weight excluding hydrogens is 392 g/mol. The van der Waals surface area contributed by atoms with E-state index in [9.17, 15) is 0 Å². The van der Waals surface area contributed by atoms with Crippen molar-refractivity contribution in [1.82, 2.24) is 0 Å². The zero-order valence-corrected chi connectivity index (χ0v) is 15.0. The number of nitrogens with zero attached hydrogens (tertiary/aromatic N) is 2. The lowest BCUT2D eigenvalue weighted by molar-refractivity contribution is 1.45. The molecule has 0 bridgehead atoms. The summed E-state index contributed by atoms with van der Waals surface area (Å²) in [5, 5.41) is 18.4. The molecule has 0 aliphatic carbocycles. The fourth-order valence-electron chi connectivity index (χ4n) is 1.69. The molecule has 2 nitrogen and oxygen atoms in total. The Morgan fingerprint density at radius 1 is 0.957 bits per heavy atom. The lowest BCUT2D eigenvalue weighted by Gasteiger charge is -2.07. The molecule has 23 heavy (non-hydrogen) atoms. The molecule has 0 aliphatic rings. The van der Waals surface area contributed by atoms with Crippen LogP contribution in [0.15, 0.2) is 75.6 Å². The van der Waals surface area contributed by atoms with Gasteiger partial charge in [0, 0.05) is 19.3 Å². The van der Waals surface area contributed by atoms with Gasteiger partial charge in [0.2, 0.25) is 0 Å². The quantitative estimate of drug-likeness (QED) is 0.347. The van der Waals surface area contributed by atoms with Gasteiger partial charge in [0.15, 0.2) is 0 Å². The smallest absolute Gasteiger partial charge is 0.129 e. The van der Waals surface area contributed by atoms with Crippen LogP contribution in [0, 0.1) is 22.7 Å². The van der Waals surface area contributed by atoms with Gasteiger partial charge in [-0.1, -0.05) is 51.4 Å². The minimum Gasteiger partial charge on any atom is -0.192 e. The molecule has 0 atom stereocenters. The number of allylic oxidation sites excluding steroid dienone is 3. The van der Waals surface area contributed by atoms with E-state index in [0.29, 0.717) is 5.02 Å². The van der Waals surface area contributed by atoms with E-state index >= 15 is 0 Å². The number of thioether (sulfide) groups is 1. The Bertz CT molecular complexity index is 809. The fourth-order valence-corrected chi connectivity index (χ4v) is 3.00. The molecule has 0 heterocycles. The third-order valence-electron chi connectivity index (χ3n) is 2.81. The van der Waals surface area contributed by atoms with Crippen LogP contribution in [0.2, 0.25) is 5.02 Å². The summed E-state index contributed by atoms with van der Waals surface area (Å²) in [5.74, 6) is 0. The molecule has 0 aliphatic heterocycles. The van der Waals surface area contributed by atoms with Crippen molar-refractivity contribution < 1.29 is 0 Å². The summed E-state index contributed by atoms with van der Waals surface area (Å²) < 4.78 is 1.01. The first kappa shape index (κ1) is 17.4. The normalized spacial score (nSPS) is 10.5.